The van der Waals surface area contributed by atoms with Crippen molar-refractivity contribution >= 4 is 11.9 Å². The van der Waals surface area contributed by atoms with Crippen molar-refractivity contribution in [1.82, 2.24) is 0 Å². The number of ether oxygens (including phenoxy) is 2. The number of carbonyl (C=O) groups excluding carboxylic acids is 2. The molecule has 6 nitrogen and oxygen atoms in total. The van der Waals surface area contributed by atoms with Gasteiger partial charge in [0.05, 0.1) is 24.7 Å². The van der Waals surface area contributed by atoms with Crippen molar-refractivity contribution in [3.05, 3.63) is 0 Å². The number of hydrogen-bond donors (Lipinski definition) is 2. The van der Waals surface area contributed by atoms with Crippen LogP contribution < -0.4 is 0 Å². The summed E-state index contributed by atoms with van der Waals surface area (Å²) in [6, 6.07) is 0. The summed E-state index contributed by atoms with van der Waals surface area (Å²) in [5.74, 6) is 0.158. The molecule has 6 heteroatoms. The number of esters is 2. The maximum Gasteiger partial charge on any atom is 0.309 e. The van der Waals surface area contributed by atoms with Gasteiger partial charge in [-0.15, -0.1) is 0 Å². The van der Waals surface area contributed by atoms with Gasteiger partial charge < -0.3 is 19.7 Å². The predicted octanol–water partition coefficient (Wildman–Crippen LogP) is 3.62. The predicted molar refractivity (Wildman–Crippen MR) is 115 cm³/mol. The topological polar surface area (TPSA) is 93.1 Å². The molecule has 31 heavy (non-hydrogen) atoms. The summed E-state index contributed by atoms with van der Waals surface area (Å²) in [4.78, 5) is 25.3. The zero-order chi connectivity index (χ0) is 22.4. The van der Waals surface area contributed by atoms with Crippen molar-refractivity contribution in [2.75, 3.05) is 6.61 Å². The maximum absolute atomic E-state index is 12.9. The van der Waals surface area contributed by atoms with Crippen LogP contribution in [0.15, 0.2) is 0 Å². The number of aliphatic hydroxyl groups is 2. The fraction of sp³-hybridized carbons (Fsp3) is 0.920. The highest BCUT2D eigenvalue weighted by atomic mass is 16.5. The molecule has 1 aliphatic heterocycles. The molecule has 2 N–H and O–H groups in total. The zero-order valence-electron chi connectivity index (χ0n) is 19.3. The van der Waals surface area contributed by atoms with Gasteiger partial charge >= 0.3 is 11.9 Å². The molecule has 0 spiro atoms. The molecule has 4 aliphatic rings. The average molecular weight is 437 g/mol. The quantitative estimate of drug-likeness (QED) is 0.505. The number of fused-ring (bicyclic) bond motifs is 5. The van der Waals surface area contributed by atoms with Crippen molar-refractivity contribution in [1.29, 1.82) is 0 Å². The van der Waals surface area contributed by atoms with E-state index in [-0.39, 0.29) is 53.0 Å². The Balaban J connectivity index is 1.52. The SMILES string of the molecule is CCCCCC(=O)O[C@H]1CC[C@H]2[C@@H]3COC(=O)[C@H]4C[C@H](O)[C@H](O)C[C@]4(C)[C@H]3CC[C@]12C. The molecule has 3 saturated carbocycles. The van der Waals surface area contributed by atoms with E-state index in [0.29, 0.717) is 25.4 Å². The second-order valence-corrected chi connectivity index (χ2v) is 11.2. The Bertz CT molecular complexity index is 693. The third-order valence-electron chi connectivity index (χ3n) is 9.52. The van der Waals surface area contributed by atoms with Crippen LogP contribution in [0.5, 0.6) is 0 Å². The lowest BCUT2D eigenvalue weighted by atomic mass is 9.49. The van der Waals surface area contributed by atoms with Gasteiger partial charge in [-0.1, -0.05) is 33.6 Å². The van der Waals surface area contributed by atoms with Crippen molar-refractivity contribution in [2.24, 2.45) is 34.5 Å². The van der Waals surface area contributed by atoms with Crippen molar-refractivity contribution in [3.8, 4) is 0 Å². The molecular formula is C25H40O6. The molecule has 4 rings (SSSR count). The monoisotopic (exact) mass is 436 g/mol. The Hall–Kier alpha value is -1.14. The highest BCUT2D eigenvalue weighted by molar-refractivity contribution is 5.74. The molecule has 3 aliphatic carbocycles. The molecule has 9 atom stereocenters. The highest BCUT2D eigenvalue weighted by Gasteiger charge is 2.63. The van der Waals surface area contributed by atoms with E-state index in [4.69, 9.17) is 9.47 Å². The first kappa shape index (κ1) is 23.0. The van der Waals surface area contributed by atoms with Gasteiger partial charge in [-0.3, -0.25) is 9.59 Å². The van der Waals surface area contributed by atoms with Crippen molar-refractivity contribution in [3.63, 3.8) is 0 Å². The summed E-state index contributed by atoms with van der Waals surface area (Å²) in [6.07, 6.45) is 6.27. The van der Waals surface area contributed by atoms with Gasteiger partial charge in [-0.25, -0.2) is 0 Å². The first-order chi connectivity index (χ1) is 14.7. The normalized spacial score (nSPS) is 46.9. The van der Waals surface area contributed by atoms with Gasteiger partial charge in [0.2, 0.25) is 0 Å². The highest BCUT2D eigenvalue weighted by Crippen LogP contribution is 2.63. The first-order valence-electron chi connectivity index (χ1n) is 12.4. The van der Waals surface area contributed by atoms with E-state index >= 15 is 0 Å². The molecule has 0 aromatic rings. The van der Waals surface area contributed by atoms with Crippen molar-refractivity contribution in [2.45, 2.75) is 103 Å². The number of rotatable bonds is 5. The minimum atomic E-state index is -0.862. The lowest BCUT2D eigenvalue weighted by Gasteiger charge is -2.55. The van der Waals surface area contributed by atoms with Crippen LogP contribution in [0.25, 0.3) is 0 Å². The van der Waals surface area contributed by atoms with Crippen LogP contribution in [0.3, 0.4) is 0 Å². The molecule has 0 unspecified atom stereocenters. The molecule has 0 aromatic heterocycles. The lowest BCUT2D eigenvalue weighted by molar-refractivity contribution is -0.165. The van der Waals surface area contributed by atoms with Crippen LogP contribution in [0.4, 0.5) is 0 Å². The number of hydrogen-bond acceptors (Lipinski definition) is 6. The molecule has 0 amide bonds. The summed E-state index contributed by atoms with van der Waals surface area (Å²) in [5, 5.41) is 20.7. The molecule has 0 aromatic carbocycles. The third-order valence-corrected chi connectivity index (χ3v) is 9.52. The average Bonchev–Trinajstić information content (AvgIpc) is 3.00. The number of carbonyl (C=O) groups is 2. The van der Waals surface area contributed by atoms with Gasteiger partial charge in [0.15, 0.2) is 0 Å². The van der Waals surface area contributed by atoms with Gasteiger partial charge in [0.25, 0.3) is 0 Å². The van der Waals surface area contributed by atoms with Crippen molar-refractivity contribution < 1.29 is 29.3 Å². The Kier molecular flexibility index (Phi) is 6.43. The summed E-state index contributed by atoms with van der Waals surface area (Å²) < 4.78 is 11.8. The van der Waals surface area contributed by atoms with E-state index in [0.717, 1.165) is 44.9 Å². The number of aliphatic hydroxyl groups excluding tert-OH is 2. The fourth-order valence-corrected chi connectivity index (χ4v) is 7.67. The largest absolute Gasteiger partial charge is 0.465 e. The molecule has 1 heterocycles. The van der Waals surface area contributed by atoms with E-state index in [1.807, 2.05) is 0 Å². The molecule has 4 fully saturated rings. The molecule has 0 bridgehead atoms. The lowest BCUT2D eigenvalue weighted by Crippen LogP contribution is -2.54. The minimum absolute atomic E-state index is 0.0612. The van der Waals surface area contributed by atoms with Gasteiger partial charge in [0, 0.05) is 11.8 Å². The Labute approximate surface area is 186 Å². The fourth-order valence-electron chi connectivity index (χ4n) is 7.67. The van der Waals surface area contributed by atoms with Gasteiger partial charge in [0.1, 0.15) is 6.10 Å². The van der Waals surface area contributed by atoms with Crippen LogP contribution >= 0.6 is 0 Å². The van der Waals surface area contributed by atoms with E-state index in [9.17, 15) is 19.8 Å². The summed E-state index contributed by atoms with van der Waals surface area (Å²) >= 11 is 0. The molecule has 1 saturated heterocycles. The van der Waals surface area contributed by atoms with Crippen LogP contribution in [0.2, 0.25) is 0 Å². The molecule has 176 valence electrons. The summed E-state index contributed by atoms with van der Waals surface area (Å²) in [5.41, 5.74) is -0.454. The molecule has 0 radical (unpaired) electrons. The second-order valence-electron chi connectivity index (χ2n) is 11.2. The van der Waals surface area contributed by atoms with Crippen LogP contribution in [-0.4, -0.2) is 47.1 Å². The number of cyclic esters (lactones) is 1. The van der Waals surface area contributed by atoms with Crippen LogP contribution in [0, 0.1) is 34.5 Å². The zero-order valence-corrected chi connectivity index (χ0v) is 19.3. The Morgan fingerprint density at radius 2 is 1.84 bits per heavy atom. The summed E-state index contributed by atoms with van der Waals surface area (Å²) in [7, 11) is 0. The minimum Gasteiger partial charge on any atom is -0.465 e. The van der Waals surface area contributed by atoms with E-state index < -0.39 is 12.2 Å². The number of unbranched alkanes of at least 4 members (excludes halogenated alkanes) is 2. The van der Waals surface area contributed by atoms with E-state index in [2.05, 4.69) is 20.8 Å². The molecular weight excluding hydrogens is 396 g/mol. The van der Waals surface area contributed by atoms with Gasteiger partial charge in [-0.05, 0) is 68.1 Å². The van der Waals surface area contributed by atoms with Crippen LogP contribution in [-0.2, 0) is 19.1 Å². The Morgan fingerprint density at radius 3 is 2.58 bits per heavy atom. The summed E-state index contributed by atoms with van der Waals surface area (Å²) in [6.45, 7) is 6.92. The smallest absolute Gasteiger partial charge is 0.309 e. The van der Waals surface area contributed by atoms with E-state index in [1.165, 1.54) is 0 Å². The standard InChI is InChI=1S/C25H40O6/c1-4-5-6-7-22(28)31-21-9-8-16-15-14-30-23(29)18-12-19(26)20(27)13-25(18,3)17(15)10-11-24(16,21)2/h15-21,26-27H,4-14H2,1-3H3/t15-,16-,17-,18+,19-,20+,21-,24-,25+/m0/s1. The maximum atomic E-state index is 12.9. The Morgan fingerprint density at radius 1 is 1.10 bits per heavy atom. The van der Waals surface area contributed by atoms with Gasteiger partial charge in [-0.2, -0.15) is 0 Å². The van der Waals surface area contributed by atoms with E-state index in [1.54, 1.807) is 0 Å². The van der Waals surface area contributed by atoms with Crippen LogP contribution in [0.1, 0.15) is 85.0 Å². The third kappa shape index (κ3) is 3.92. The second kappa shape index (κ2) is 8.66. The first-order valence-corrected chi connectivity index (χ1v) is 12.4.